The summed E-state index contributed by atoms with van der Waals surface area (Å²) in [6.07, 6.45) is 0. The molecule has 0 fully saturated rings. The zero-order chi connectivity index (χ0) is 7.72. The Morgan fingerprint density at radius 1 is 1.30 bits per heavy atom. The molecule has 0 amide bonds. The van der Waals surface area contributed by atoms with Crippen molar-refractivity contribution >= 4 is 24.9 Å². The molecule has 2 nitrogen and oxygen atoms in total. The molecule has 1 aromatic rings. The Balaban J connectivity index is 3.31. The highest BCUT2D eigenvalue weighted by Crippen LogP contribution is 2.00. The lowest BCUT2D eigenvalue weighted by Gasteiger charge is -2.01. The third-order valence-corrected chi connectivity index (χ3v) is 1.49. The molecule has 0 atom stereocenters. The van der Waals surface area contributed by atoms with Crippen molar-refractivity contribution in [1.82, 2.24) is 9.97 Å². The second kappa shape index (κ2) is 2.58. The molecule has 1 heterocycles. The molecule has 4 heteroatoms. The standard InChI is InChI=1S/C6H6BClN2/c1-3-5(7)6(8)10-4(2)9-3/h1-2H3. The molecule has 0 saturated carbocycles. The molecule has 0 aliphatic carbocycles. The summed E-state index contributed by atoms with van der Waals surface area (Å²) in [5.74, 6) is 0.650. The molecule has 1 aromatic heterocycles. The summed E-state index contributed by atoms with van der Waals surface area (Å²) in [7, 11) is 5.49. The van der Waals surface area contributed by atoms with E-state index in [1.54, 1.807) is 13.8 Å². The van der Waals surface area contributed by atoms with E-state index < -0.39 is 0 Å². The molecule has 0 bridgehead atoms. The predicted molar refractivity (Wildman–Crippen MR) is 41.9 cm³/mol. The van der Waals surface area contributed by atoms with E-state index in [-0.39, 0.29) is 0 Å². The quantitative estimate of drug-likeness (QED) is 0.401. The first-order valence-electron chi connectivity index (χ1n) is 2.87. The van der Waals surface area contributed by atoms with Crippen LogP contribution in [0.1, 0.15) is 11.5 Å². The first-order chi connectivity index (χ1) is 4.61. The SMILES string of the molecule is [B]c1c(C)nc(C)nc1Cl. The summed E-state index contributed by atoms with van der Waals surface area (Å²) in [6.45, 7) is 3.58. The Hall–Kier alpha value is -0.565. The van der Waals surface area contributed by atoms with Crippen molar-refractivity contribution in [2.24, 2.45) is 0 Å². The highest BCUT2D eigenvalue weighted by Gasteiger charge is 2.00. The summed E-state index contributed by atoms with van der Waals surface area (Å²) in [6, 6.07) is 0. The molecule has 0 saturated heterocycles. The van der Waals surface area contributed by atoms with Crippen molar-refractivity contribution in [2.75, 3.05) is 0 Å². The van der Waals surface area contributed by atoms with E-state index in [2.05, 4.69) is 9.97 Å². The van der Waals surface area contributed by atoms with Crippen molar-refractivity contribution in [3.8, 4) is 0 Å². The lowest BCUT2D eigenvalue weighted by atomic mass is 9.97. The maximum Gasteiger partial charge on any atom is 0.127 e. The van der Waals surface area contributed by atoms with Gasteiger partial charge in [0.25, 0.3) is 0 Å². The van der Waals surface area contributed by atoms with E-state index in [4.69, 9.17) is 19.4 Å². The van der Waals surface area contributed by atoms with E-state index in [1.165, 1.54) is 0 Å². The van der Waals surface area contributed by atoms with Gasteiger partial charge in [-0.1, -0.05) is 11.6 Å². The highest BCUT2D eigenvalue weighted by atomic mass is 35.5. The molecule has 0 spiro atoms. The van der Waals surface area contributed by atoms with Crippen LogP contribution in [0.2, 0.25) is 5.15 Å². The lowest BCUT2D eigenvalue weighted by Crippen LogP contribution is -2.14. The van der Waals surface area contributed by atoms with Gasteiger partial charge in [-0.3, -0.25) is 0 Å². The molecule has 50 valence electrons. The monoisotopic (exact) mass is 152 g/mol. The average molecular weight is 152 g/mol. The normalized spacial score (nSPS) is 9.90. The summed E-state index contributed by atoms with van der Waals surface area (Å²) in [5.41, 5.74) is 1.20. The number of nitrogens with zero attached hydrogens (tertiary/aromatic N) is 2. The first-order valence-corrected chi connectivity index (χ1v) is 3.25. The van der Waals surface area contributed by atoms with Crippen LogP contribution in [0.15, 0.2) is 0 Å². The van der Waals surface area contributed by atoms with Crippen LogP contribution in [0.3, 0.4) is 0 Å². The number of rotatable bonds is 0. The molecular formula is C6H6BClN2. The minimum absolute atomic E-state index is 0.338. The van der Waals surface area contributed by atoms with Gasteiger partial charge >= 0.3 is 0 Å². The smallest absolute Gasteiger partial charge is 0.127 e. The molecule has 10 heavy (non-hydrogen) atoms. The fraction of sp³-hybridized carbons (Fsp3) is 0.333. The Labute approximate surface area is 66.1 Å². The van der Waals surface area contributed by atoms with E-state index in [9.17, 15) is 0 Å². The van der Waals surface area contributed by atoms with Crippen LogP contribution in [0, 0.1) is 13.8 Å². The highest BCUT2D eigenvalue weighted by molar-refractivity contribution is 6.44. The van der Waals surface area contributed by atoms with Crippen LogP contribution < -0.4 is 5.46 Å². The molecule has 1 rings (SSSR count). The number of halogens is 1. The molecule has 0 aromatic carbocycles. The molecular weight excluding hydrogens is 146 g/mol. The van der Waals surface area contributed by atoms with Crippen molar-refractivity contribution in [2.45, 2.75) is 13.8 Å². The Morgan fingerprint density at radius 2 is 1.90 bits per heavy atom. The summed E-state index contributed by atoms with van der Waals surface area (Å²) in [5, 5.41) is 0.338. The van der Waals surface area contributed by atoms with E-state index in [1.807, 2.05) is 0 Å². The van der Waals surface area contributed by atoms with Crippen LogP contribution in [0.25, 0.3) is 0 Å². The minimum Gasteiger partial charge on any atom is -0.239 e. The topological polar surface area (TPSA) is 25.8 Å². The van der Waals surface area contributed by atoms with Gasteiger partial charge < -0.3 is 0 Å². The molecule has 0 unspecified atom stereocenters. The average Bonchev–Trinajstić information content (AvgIpc) is 1.82. The third-order valence-electron chi connectivity index (χ3n) is 1.20. The van der Waals surface area contributed by atoms with Gasteiger partial charge in [0.05, 0.1) is 0 Å². The Kier molecular flexibility index (Phi) is 1.95. The van der Waals surface area contributed by atoms with Crippen LogP contribution >= 0.6 is 11.6 Å². The predicted octanol–water partition coefficient (Wildman–Crippen LogP) is 0.541. The first kappa shape index (κ1) is 7.54. The van der Waals surface area contributed by atoms with E-state index in [0.29, 0.717) is 16.4 Å². The van der Waals surface area contributed by atoms with Crippen LogP contribution in [-0.4, -0.2) is 17.8 Å². The van der Waals surface area contributed by atoms with Crippen molar-refractivity contribution in [1.29, 1.82) is 0 Å². The van der Waals surface area contributed by atoms with Gasteiger partial charge in [-0.15, -0.1) is 0 Å². The zero-order valence-corrected chi connectivity index (χ0v) is 6.61. The van der Waals surface area contributed by atoms with Gasteiger partial charge in [-0.05, 0) is 19.3 Å². The Morgan fingerprint density at radius 3 is 2.40 bits per heavy atom. The maximum absolute atomic E-state index is 5.64. The van der Waals surface area contributed by atoms with Crippen molar-refractivity contribution < 1.29 is 0 Å². The minimum atomic E-state index is 0.338. The summed E-state index contributed by atoms with van der Waals surface area (Å²) >= 11 is 5.64. The third kappa shape index (κ3) is 1.29. The Bertz CT molecular complexity index is 239. The van der Waals surface area contributed by atoms with Gasteiger partial charge in [-0.2, -0.15) is 0 Å². The largest absolute Gasteiger partial charge is 0.239 e. The van der Waals surface area contributed by atoms with Crippen LogP contribution in [0.5, 0.6) is 0 Å². The number of aromatic nitrogens is 2. The van der Waals surface area contributed by atoms with Crippen molar-refractivity contribution in [3.05, 3.63) is 16.7 Å². The second-order valence-electron chi connectivity index (χ2n) is 2.06. The zero-order valence-electron chi connectivity index (χ0n) is 5.85. The van der Waals surface area contributed by atoms with Crippen LogP contribution in [0.4, 0.5) is 0 Å². The van der Waals surface area contributed by atoms with Crippen molar-refractivity contribution in [3.63, 3.8) is 0 Å². The molecule has 0 aliphatic heterocycles. The summed E-state index contributed by atoms with van der Waals surface area (Å²) < 4.78 is 0. The molecule has 0 N–H and O–H groups in total. The van der Waals surface area contributed by atoms with Gasteiger partial charge in [-0.25, -0.2) is 9.97 Å². The number of aryl methyl sites for hydroxylation is 2. The van der Waals surface area contributed by atoms with Gasteiger partial charge in [0.1, 0.15) is 18.8 Å². The fourth-order valence-electron chi connectivity index (χ4n) is 0.679. The summed E-state index contributed by atoms with van der Waals surface area (Å²) in [4.78, 5) is 7.88. The lowest BCUT2D eigenvalue weighted by molar-refractivity contribution is 1.03. The molecule has 0 aliphatic rings. The van der Waals surface area contributed by atoms with E-state index >= 15 is 0 Å². The van der Waals surface area contributed by atoms with Gasteiger partial charge in [0.2, 0.25) is 0 Å². The maximum atomic E-state index is 5.64. The van der Waals surface area contributed by atoms with Crippen LogP contribution in [-0.2, 0) is 0 Å². The fourth-order valence-corrected chi connectivity index (χ4v) is 0.939. The number of hydrogen-bond donors (Lipinski definition) is 0. The number of hydrogen-bond acceptors (Lipinski definition) is 2. The van der Waals surface area contributed by atoms with Gasteiger partial charge in [0.15, 0.2) is 0 Å². The van der Waals surface area contributed by atoms with Gasteiger partial charge in [0, 0.05) is 5.69 Å². The second-order valence-corrected chi connectivity index (χ2v) is 2.42. The van der Waals surface area contributed by atoms with E-state index in [0.717, 1.165) is 5.69 Å². The molecule has 2 radical (unpaired) electrons.